The van der Waals surface area contributed by atoms with Gasteiger partial charge in [0.05, 0.1) is 40.9 Å². The minimum absolute atomic E-state index is 0.146. The van der Waals surface area contributed by atoms with Gasteiger partial charge in [0.2, 0.25) is 0 Å². The van der Waals surface area contributed by atoms with Crippen molar-refractivity contribution in [2.75, 3.05) is 54.1 Å². The molecule has 0 unspecified atom stereocenters. The van der Waals surface area contributed by atoms with Gasteiger partial charge in [0.15, 0.2) is 0 Å². The summed E-state index contributed by atoms with van der Waals surface area (Å²) in [6.07, 6.45) is 42.3. The molecule has 0 saturated heterocycles. The lowest BCUT2D eigenvalue weighted by molar-refractivity contribution is -0.878. The molecule has 0 aromatic heterocycles. The van der Waals surface area contributed by atoms with Crippen molar-refractivity contribution in [2.45, 2.75) is 245 Å². The Morgan fingerprint density at radius 1 is 0.375 bits per heavy atom. The number of nitrogens with zero attached hydrogens (tertiary/aromatic N) is 1. The number of unbranched alkanes of at least 4 members (excludes halogenated alkanes) is 30. The average molecular weight is 797 g/mol. The molecule has 0 aliphatic heterocycles. The van der Waals surface area contributed by atoms with Crippen molar-refractivity contribution >= 4 is 11.9 Å². The third-order valence-electron chi connectivity index (χ3n) is 11.1. The van der Waals surface area contributed by atoms with E-state index in [9.17, 15) is 9.59 Å². The molecule has 0 atom stereocenters. The smallest absolute Gasteiger partial charge is 0.305 e. The molecule has 0 spiro atoms. The molecular weight excluding hydrogens is 699 g/mol. The summed E-state index contributed by atoms with van der Waals surface area (Å²) in [4.78, 5) is 37.5. The highest BCUT2D eigenvalue weighted by atomic mass is 17.2. The summed E-state index contributed by atoms with van der Waals surface area (Å²) in [6, 6.07) is 0. The zero-order valence-electron chi connectivity index (χ0n) is 38.7. The quantitative estimate of drug-likeness (QED) is 0.0201. The first kappa shape index (κ1) is 54.8. The second-order valence-corrected chi connectivity index (χ2v) is 18.5. The first-order valence-corrected chi connectivity index (χ1v) is 24.5. The number of rotatable bonds is 45. The molecule has 0 saturated carbocycles. The lowest BCUT2D eigenvalue weighted by Gasteiger charge is -2.37. The van der Waals surface area contributed by atoms with Crippen LogP contribution in [0.25, 0.3) is 0 Å². The maximum Gasteiger partial charge on any atom is 0.305 e. The van der Waals surface area contributed by atoms with Gasteiger partial charge >= 0.3 is 11.9 Å². The third kappa shape index (κ3) is 39.6. The van der Waals surface area contributed by atoms with E-state index in [1.54, 1.807) is 0 Å². The summed E-state index contributed by atoms with van der Waals surface area (Å²) in [6.45, 7) is 8.45. The molecule has 0 bridgehead atoms. The summed E-state index contributed by atoms with van der Waals surface area (Å²) < 4.78 is 12.5. The first-order chi connectivity index (χ1) is 27.2. The Balaban J connectivity index is 4.83. The number of hydrogen-bond donors (Lipinski definition) is 0. The molecule has 0 aromatic carbocycles. The molecule has 0 radical (unpaired) electrons. The van der Waals surface area contributed by atoms with Crippen LogP contribution in [-0.4, -0.2) is 70.5 Å². The Morgan fingerprint density at radius 3 is 0.964 bits per heavy atom. The highest BCUT2D eigenvalue weighted by Gasteiger charge is 2.40. The minimum atomic E-state index is -0.699. The minimum Gasteiger partial charge on any atom is -0.465 e. The van der Waals surface area contributed by atoms with E-state index in [1.165, 1.54) is 173 Å². The molecule has 0 aliphatic rings. The van der Waals surface area contributed by atoms with E-state index in [0.717, 1.165) is 38.5 Å². The number of hydrogen-bond acceptors (Lipinski definition) is 6. The van der Waals surface area contributed by atoms with E-state index in [1.807, 2.05) is 0 Å². The van der Waals surface area contributed by atoms with E-state index in [0.29, 0.717) is 30.5 Å². The topological polar surface area (TPSA) is 71.1 Å². The maximum absolute atomic E-state index is 13.0. The first-order valence-electron chi connectivity index (χ1n) is 24.5. The van der Waals surface area contributed by atoms with Crippen LogP contribution in [0.4, 0.5) is 0 Å². The van der Waals surface area contributed by atoms with Gasteiger partial charge in [0.25, 0.3) is 0 Å². The monoisotopic (exact) mass is 797 g/mol. The average Bonchev–Trinajstić information content (AvgIpc) is 3.17. The molecule has 0 aromatic rings. The molecular formula is C49H98NO6+. The number of quaternary nitrogens is 1. The molecule has 0 aliphatic carbocycles. The molecule has 7 heteroatoms. The summed E-state index contributed by atoms with van der Waals surface area (Å²) in [5, 5.41) is 0. The Kier molecular flexibility index (Phi) is 39.7. The van der Waals surface area contributed by atoms with Gasteiger partial charge in [-0.1, -0.05) is 213 Å². The van der Waals surface area contributed by atoms with Crippen molar-refractivity contribution in [1.29, 1.82) is 0 Å². The highest BCUT2D eigenvalue weighted by Crippen LogP contribution is 2.25. The predicted octanol–water partition coefficient (Wildman–Crippen LogP) is 14.4. The van der Waals surface area contributed by atoms with E-state index >= 15 is 0 Å². The van der Waals surface area contributed by atoms with Crippen LogP contribution in [0.15, 0.2) is 0 Å². The second kappa shape index (κ2) is 40.6. The SMILES string of the molecule is CCCCCCCCCCCCCOOCC(COC(=O)CCCCCCCCCCCCC)(COC(=O)CCCCCCCCCCCCC)C[N+](C)(C)C. The zero-order chi connectivity index (χ0) is 41.3. The second-order valence-electron chi connectivity index (χ2n) is 18.5. The Hall–Kier alpha value is -1.18. The summed E-state index contributed by atoms with van der Waals surface area (Å²) in [7, 11) is 6.34. The number of esters is 2. The third-order valence-corrected chi connectivity index (χ3v) is 11.1. The Labute approximate surface area is 349 Å². The molecule has 0 N–H and O–H groups in total. The van der Waals surface area contributed by atoms with Gasteiger partial charge < -0.3 is 14.0 Å². The van der Waals surface area contributed by atoms with Crippen LogP contribution in [0.5, 0.6) is 0 Å². The van der Waals surface area contributed by atoms with Crippen LogP contribution >= 0.6 is 0 Å². The van der Waals surface area contributed by atoms with Gasteiger partial charge in [0.1, 0.15) is 18.6 Å². The van der Waals surface area contributed by atoms with Crippen molar-refractivity contribution < 1.29 is 33.3 Å². The summed E-state index contributed by atoms with van der Waals surface area (Å²) >= 11 is 0. The van der Waals surface area contributed by atoms with Crippen LogP contribution in [-0.2, 0) is 28.8 Å². The fraction of sp³-hybridized carbons (Fsp3) is 0.959. The molecule has 0 rings (SSSR count). The zero-order valence-corrected chi connectivity index (χ0v) is 38.7. The normalized spacial score (nSPS) is 12.0. The van der Waals surface area contributed by atoms with Crippen molar-refractivity contribution in [3.8, 4) is 0 Å². The predicted molar refractivity (Wildman–Crippen MR) is 238 cm³/mol. The van der Waals surface area contributed by atoms with Crippen molar-refractivity contribution in [3.05, 3.63) is 0 Å². The van der Waals surface area contributed by atoms with Crippen LogP contribution in [0.2, 0.25) is 0 Å². The Bertz CT molecular complexity index is 801. The van der Waals surface area contributed by atoms with Crippen molar-refractivity contribution in [2.24, 2.45) is 5.41 Å². The molecule has 334 valence electrons. The largest absolute Gasteiger partial charge is 0.465 e. The van der Waals surface area contributed by atoms with E-state index in [2.05, 4.69) is 41.9 Å². The van der Waals surface area contributed by atoms with Crippen LogP contribution < -0.4 is 0 Å². The fourth-order valence-corrected chi connectivity index (χ4v) is 7.80. The van der Waals surface area contributed by atoms with Crippen LogP contribution in [0.1, 0.15) is 245 Å². The molecule has 0 fully saturated rings. The van der Waals surface area contributed by atoms with Crippen LogP contribution in [0, 0.1) is 5.41 Å². The number of ether oxygens (including phenoxy) is 2. The van der Waals surface area contributed by atoms with E-state index < -0.39 is 5.41 Å². The van der Waals surface area contributed by atoms with Crippen LogP contribution in [0.3, 0.4) is 0 Å². The molecule has 7 nitrogen and oxygen atoms in total. The fourth-order valence-electron chi connectivity index (χ4n) is 7.80. The number of carbonyl (C=O) groups is 2. The van der Waals surface area contributed by atoms with Gasteiger partial charge in [-0.3, -0.25) is 9.59 Å². The molecule has 0 heterocycles. The van der Waals surface area contributed by atoms with Gasteiger partial charge in [-0.15, -0.1) is 0 Å². The molecule has 0 amide bonds. The van der Waals surface area contributed by atoms with Crippen molar-refractivity contribution in [3.63, 3.8) is 0 Å². The Morgan fingerprint density at radius 2 is 0.661 bits per heavy atom. The standard InChI is InChI=1S/C49H98NO6/c1-7-10-13-16-19-22-25-28-31-34-37-40-47(51)53-44-49(43-50(4,5)6,46-56-55-42-39-36-33-30-27-24-21-18-15-12-9-3)45-54-48(52)41-38-35-32-29-26-23-20-17-14-11-8-2/h7-46H2,1-6H3/q+1. The lowest BCUT2D eigenvalue weighted by atomic mass is 9.89. The van der Waals surface area contributed by atoms with Crippen molar-refractivity contribution in [1.82, 2.24) is 0 Å². The van der Waals surface area contributed by atoms with E-state index in [4.69, 9.17) is 19.2 Å². The van der Waals surface area contributed by atoms with Gasteiger partial charge in [-0.25, -0.2) is 9.78 Å². The summed E-state index contributed by atoms with van der Waals surface area (Å²) in [5.41, 5.74) is -0.699. The molecule has 56 heavy (non-hydrogen) atoms. The van der Waals surface area contributed by atoms with Gasteiger partial charge in [-0.2, -0.15) is 0 Å². The van der Waals surface area contributed by atoms with Gasteiger partial charge in [-0.05, 0) is 19.3 Å². The van der Waals surface area contributed by atoms with E-state index in [-0.39, 0.29) is 31.8 Å². The number of carbonyl (C=O) groups excluding carboxylic acids is 2. The summed E-state index contributed by atoms with van der Waals surface area (Å²) in [5.74, 6) is -0.359. The lowest BCUT2D eigenvalue weighted by Crippen LogP contribution is -2.52. The highest BCUT2D eigenvalue weighted by molar-refractivity contribution is 5.69. The van der Waals surface area contributed by atoms with Gasteiger partial charge in [0, 0.05) is 12.8 Å². The maximum atomic E-state index is 13.0.